The van der Waals surface area contributed by atoms with Crippen molar-refractivity contribution in [2.24, 2.45) is 0 Å². The second kappa shape index (κ2) is 11.8. The van der Waals surface area contributed by atoms with Crippen LogP contribution in [-0.4, -0.2) is 60.3 Å². The molecule has 2 heterocycles. The Labute approximate surface area is 225 Å². The van der Waals surface area contributed by atoms with Crippen molar-refractivity contribution in [1.29, 1.82) is 0 Å². The molecular formula is C26H23N7O7. The number of H-pyrrole nitrogens is 1. The van der Waals surface area contributed by atoms with E-state index >= 15 is 0 Å². The number of carbonyl (C=O) groups is 4. The molecule has 14 nitrogen and oxygen atoms in total. The number of carboxylic acid groups (broad SMARTS) is 2. The molecule has 0 saturated heterocycles. The molecule has 1 atom stereocenters. The number of rotatable bonds is 11. The number of aromatic amines is 1. The van der Waals surface area contributed by atoms with E-state index in [2.05, 4.69) is 25.3 Å². The Morgan fingerprint density at radius 3 is 2.27 bits per heavy atom. The number of amides is 1. The van der Waals surface area contributed by atoms with Crippen LogP contribution in [0.4, 0.5) is 17.3 Å². The molecule has 4 rings (SSSR count). The summed E-state index contributed by atoms with van der Waals surface area (Å²) in [7, 11) is 0. The van der Waals surface area contributed by atoms with Crippen LogP contribution in [0.1, 0.15) is 39.3 Å². The third-order valence-electron chi connectivity index (χ3n) is 5.84. The summed E-state index contributed by atoms with van der Waals surface area (Å²) >= 11 is 0. The first kappa shape index (κ1) is 27.4. The van der Waals surface area contributed by atoms with Crippen molar-refractivity contribution < 1.29 is 29.4 Å². The number of benzene rings is 2. The van der Waals surface area contributed by atoms with Crippen molar-refractivity contribution in [2.45, 2.75) is 25.4 Å². The summed E-state index contributed by atoms with van der Waals surface area (Å²) in [6.07, 6.45) is 1.48. The lowest BCUT2D eigenvalue weighted by atomic mass is 10.1. The number of nitrogens with two attached hydrogens (primary N) is 1. The Morgan fingerprint density at radius 1 is 1.02 bits per heavy atom. The van der Waals surface area contributed by atoms with Crippen LogP contribution < -0.4 is 21.5 Å². The van der Waals surface area contributed by atoms with Gasteiger partial charge in [-0.3, -0.25) is 24.2 Å². The highest BCUT2D eigenvalue weighted by atomic mass is 16.4. The first-order valence-corrected chi connectivity index (χ1v) is 11.8. The van der Waals surface area contributed by atoms with Gasteiger partial charge in [-0.25, -0.2) is 14.8 Å². The van der Waals surface area contributed by atoms with E-state index in [-0.39, 0.29) is 35.6 Å². The number of nitrogen functional groups attached to an aromatic ring is 1. The summed E-state index contributed by atoms with van der Waals surface area (Å²) < 4.78 is 0. The van der Waals surface area contributed by atoms with Crippen molar-refractivity contribution in [3.05, 3.63) is 81.9 Å². The average molecular weight is 546 g/mol. The molecule has 4 aromatic rings. The second-order valence-corrected chi connectivity index (χ2v) is 8.62. The third-order valence-corrected chi connectivity index (χ3v) is 5.84. The largest absolute Gasteiger partial charge is 0.481 e. The Bertz CT molecular complexity index is 1640. The predicted molar refractivity (Wildman–Crippen MR) is 142 cm³/mol. The van der Waals surface area contributed by atoms with Crippen LogP contribution in [0.15, 0.2) is 59.5 Å². The summed E-state index contributed by atoms with van der Waals surface area (Å²) in [5.41, 5.74) is 7.41. The molecule has 14 heteroatoms. The molecule has 6 N–H and O–H groups in total. The number of fused-ring (bicyclic) bond motifs is 1. The highest BCUT2D eigenvalue weighted by Crippen LogP contribution is 2.28. The van der Waals surface area contributed by atoms with Crippen LogP contribution in [-0.2, 0) is 16.1 Å². The van der Waals surface area contributed by atoms with Gasteiger partial charge in [0.15, 0.2) is 11.2 Å². The minimum absolute atomic E-state index is 0.00542. The van der Waals surface area contributed by atoms with Gasteiger partial charge in [-0.2, -0.15) is 4.98 Å². The summed E-state index contributed by atoms with van der Waals surface area (Å²) in [6.45, 7) is 0.134. The molecule has 0 unspecified atom stereocenters. The van der Waals surface area contributed by atoms with E-state index < -0.39 is 35.9 Å². The van der Waals surface area contributed by atoms with Gasteiger partial charge in [0.2, 0.25) is 5.95 Å². The normalized spacial score (nSPS) is 11.5. The standard InChI is InChI=1S/C26H23N7O7/c27-26-31-22-21(24(38)32-26)29-16(11-28-22)12-33(17-5-1-14(13-34)2-6-17)18-7-3-15(4-8-18)23(37)30-19(25(39)40)9-10-20(35)36/h1-8,11,13,19H,9-10,12H2,(H,30,37)(H,35,36)(H,39,40)(H3,27,28,31,32,38)/t19-/m0/s1. The van der Waals surface area contributed by atoms with E-state index in [1.165, 1.54) is 18.3 Å². The Balaban J connectivity index is 1.63. The molecule has 0 spiro atoms. The maximum absolute atomic E-state index is 12.7. The van der Waals surface area contributed by atoms with Gasteiger partial charge in [-0.1, -0.05) is 0 Å². The minimum Gasteiger partial charge on any atom is -0.481 e. The number of hydrogen-bond donors (Lipinski definition) is 5. The molecule has 2 aromatic carbocycles. The van der Waals surface area contributed by atoms with E-state index in [1.54, 1.807) is 41.3 Å². The highest BCUT2D eigenvalue weighted by Gasteiger charge is 2.22. The zero-order valence-corrected chi connectivity index (χ0v) is 20.8. The van der Waals surface area contributed by atoms with Crippen molar-refractivity contribution in [3.63, 3.8) is 0 Å². The first-order chi connectivity index (χ1) is 19.1. The zero-order valence-electron chi connectivity index (χ0n) is 20.8. The number of carboxylic acids is 2. The fraction of sp³-hybridized carbons (Fsp3) is 0.154. The molecule has 0 aliphatic heterocycles. The fourth-order valence-electron chi connectivity index (χ4n) is 3.83. The summed E-state index contributed by atoms with van der Waals surface area (Å²) in [6, 6.07) is 11.5. The number of aromatic nitrogens is 4. The van der Waals surface area contributed by atoms with E-state index in [1.807, 2.05) is 0 Å². The number of aldehydes is 1. The molecular weight excluding hydrogens is 522 g/mol. The van der Waals surface area contributed by atoms with Crippen molar-refractivity contribution >= 4 is 52.6 Å². The molecule has 0 bridgehead atoms. The molecule has 0 saturated carbocycles. The maximum atomic E-state index is 12.7. The van der Waals surface area contributed by atoms with Crippen LogP contribution in [0.25, 0.3) is 11.2 Å². The molecule has 0 aliphatic carbocycles. The average Bonchev–Trinajstić information content (AvgIpc) is 2.94. The molecule has 0 radical (unpaired) electrons. The van der Waals surface area contributed by atoms with Gasteiger partial charge in [0, 0.05) is 28.9 Å². The van der Waals surface area contributed by atoms with Crippen molar-refractivity contribution in [3.8, 4) is 0 Å². The monoisotopic (exact) mass is 545 g/mol. The van der Waals surface area contributed by atoms with Crippen LogP contribution in [0.2, 0.25) is 0 Å². The summed E-state index contributed by atoms with van der Waals surface area (Å²) in [5, 5.41) is 20.5. The van der Waals surface area contributed by atoms with Gasteiger partial charge in [-0.05, 0) is 55.0 Å². The zero-order chi connectivity index (χ0) is 28.8. The van der Waals surface area contributed by atoms with Crippen LogP contribution >= 0.6 is 0 Å². The Morgan fingerprint density at radius 2 is 1.68 bits per heavy atom. The van der Waals surface area contributed by atoms with E-state index in [4.69, 9.17) is 10.8 Å². The van der Waals surface area contributed by atoms with E-state index in [0.717, 1.165) is 0 Å². The van der Waals surface area contributed by atoms with Crippen molar-refractivity contribution in [2.75, 3.05) is 10.6 Å². The molecule has 0 aliphatic rings. The van der Waals surface area contributed by atoms with Crippen LogP contribution in [0, 0.1) is 0 Å². The van der Waals surface area contributed by atoms with Gasteiger partial charge in [0.25, 0.3) is 11.5 Å². The van der Waals surface area contributed by atoms with E-state index in [9.17, 15) is 29.1 Å². The highest BCUT2D eigenvalue weighted by molar-refractivity contribution is 5.97. The smallest absolute Gasteiger partial charge is 0.326 e. The number of anilines is 3. The molecule has 40 heavy (non-hydrogen) atoms. The number of hydrogen-bond acceptors (Lipinski definition) is 10. The SMILES string of the molecule is Nc1nc2ncc(CN(c3ccc(C=O)cc3)c3ccc(C(=O)N[C@@H](CCC(=O)O)C(=O)O)cc3)nc2c(=O)[nH]1. The molecule has 2 aromatic heterocycles. The van der Waals surface area contributed by atoms with Crippen LogP contribution in [0.5, 0.6) is 0 Å². The van der Waals surface area contributed by atoms with Crippen molar-refractivity contribution in [1.82, 2.24) is 25.3 Å². The third kappa shape index (κ3) is 6.42. The van der Waals surface area contributed by atoms with E-state index in [0.29, 0.717) is 28.9 Å². The molecule has 0 fully saturated rings. The maximum Gasteiger partial charge on any atom is 0.326 e. The number of nitrogens with one attached hydrogen (secondary N) is 2. The summed E-state index contributed by atoms with van der Waals surface area (Å²) in [5.74, 6) is -3.29. The van der Waals surface area contributed by atoms with Gasteiger partial charge < -0.3 is 26.2 Å². The fourth-order valence-corrected chi connectivity index (χ4v) is 3.83. The molecule has 204 valence electrons. The predicted octanol–water partition coefficient (Wildman–Crippen LogP) is 1.49. The lowest BCUT2D eigenvalue weighted by molar-refractivity contribution is -0.140. The number of nitrogens with zero attached hydrogens (tertiary/aromatic N) is 4. The van der Waals surface area contributed by atoms with Gasteiger partial charge in [0.1, 0.15) is 12.3 Å². The lowest BCUT2D eigenvalue weighted by Crippen LogP contribution is -2.41. The summed E-state index contributed by atoms with van der Waals surface area (Å²) in [4.78, 5) is 75.1. The number of aliphatic carboxylic acids is 2. The Kier molecular flexibility index (Phi) is 8.08. The minimum atomic E-state index is -1.37. The van der Waals surface area contributed by atoms with Crippen LogP contribution in [0.3, 0.4) is 0 Å². The Hall–Kier alpha value is -5.66. The van der Waals surface area contributed by atoms with Gasteiger partial charge >= 0.3 is 11.9 Å². The van der Waals surface area contributed by atoms with Gasteiger partial charge in [-0.15, -0.1) is 0 Å². The quantitative estimate of drug-likeness (QED) is 0.169. The molecule has 1 amide bonds. The number of carbonyl (C=O) groups excluding carboxylic acids is 2. The van der Waals surface area contributed by atoms with Gasteiger partial charge in [0.05, 0.1) is 18.4 Å². The second-order valence-electron chi connectivity index (χ2n) is 8.62. The lowest BCUT2D eigenvalue weighted by Gasteiger charge is -2.25. The topological polar surface area (TPSA) is 222 Å². The first-order valence-electron chi connectivity index (χ1n) is 11.8.